The van der Waals surface area contributed by atoms with Crippen LogP contribution in [0.3, 0.4) is 0 Å². The van der Waals surface area contributed by atoms with Gasteiger partial charge in [0.05, 0.1) is 0 Å². The van der Waals surface area contributed by atoms with Crippen molar-refractivity contribution in [2.24, 2.45) is 0 Å². The second-order valence-electron chi connectivity index (χ2n) is 6.84. The Morgan fingerprint density at radius 1 is 1.14 bits per heavy atom. The first-order valence-electron chi connectivity index (χ1n) is 8.91. The van der Waals surface area contributed by atoms with Crippen LogP contribution in [0.1, 0.15) is 37.4 Å². The second kappa shape index (κ2) is 6.90. The van der Waals surface area contributed by atoms with Crippen molar-refractivity contribution in [2.45, 2.75) is 37.1 Å². The minimum absolute atomic E-state index is 0.277. The van der Waals surface area contributed by atoms with Gasteiger partial charge in [0.2, 0.25) is 0 Å². The quantitative estimate of drug-likeness (QED) is 0.502. The maximum Gasteiger partial charge on any atom is 0.534 e. The average Bonchev–Trinajstić information content (AvgIpc) is 3.29. The van der Waals surface area contributed by atoms with Crippen LogP contribution >= 0.6 is 0 Å². The van der Waals surface area contributed by atoms with Crippen LogP contribution in [0, 0.1) is 0 Å². The first-order chi connectivity index (χ1) is 13.7. The van der Waals surface area contributed by atoms with Gasteiger partial charge in [-0.25, -0.2) is 9.97 Å². The molecule has 2 N–H and O–H groups in total. The minimum Gasteiger partial charge on any atom is -0.382 e. The van der Waals surface area contributed by atoms with E-state index < -0.39 is 21.4 Å². The molecule has 2 heterocycles. The van der Waals surface area contributed by atoms with Gasteiger partial charge in [-0.15, -0.1) is 0 Å². The maximum absolute atomic E-state index is 12.5. The fourth-order valence-electron chi connectivity index (χ4n) is 3.60. The third-order valence-corrected chi connectivity index (χ3v) is 5.93. The summed E-state index contributed by atoms with van der Waals surface area (Å²) in [6.45, 7) is 0. The summed E-state index contributed by atoms with van der Waals surface area (Å²) in [7, 11) is -5.73. The van der Waals surface area contributed by atoms with E-state index in [9.17, 15) is 21.6 Å². The topological polar surface area (TPSA) is 99.6 Å². The summed E-state index contributed by atoms with van der Waals surface area (Å²) in [5.41, 5.74) is 2.26. The number of nitrogen functional groups attached to an aromatic ring is 1. The van der Waals surface area contributed by atoms with E-state index >= 15 is 0 Å². The monoisotopic (exact) mass is 426 g/mol. The van der Waals surface area contributed by atoms with E-state index in [0.717, 1.165) is 43.6 Å². The lowest BCUT2D eigenvalue weighted by Gasteiger charge is -2.09. The SMILES string of the molecule is Nc1nccn2c(C3CCCC3)nc(-c3ccc(OS(=O)(=O)C(F)(F)F)cc3)c12. The Bertz CT molecular complexity index is 1150. The Balaban J connectivity index is 1.74. The molecule has 11 heteroatoms. The third kappa shape index (κ3) is 3.50. The summed E-state index contributed by atoms with van der Waals surface area (Å²) >= 11 is 0. The van der Waals surface area contributed by atoms with Crippen LogP contribution < -0.4 is 9.92 Å². The maximum atomic E-state index is 12.5. The van der Waals surface area contributed by atoms with Gasteiger partial charge in [0.25, 0.3) is 0 Å². The molecule has 0 saturated heterocycles. The lowest BCUT2D eigenvalue weighted by Crippen LogP contribution is -2.28. The van der Waals surface area contributed by atoms with Crippen molar-refractivity contribution in [3.8, 4) is 17.0 Å². The van der Waals surface area contributed by atoms with E-state index in [2.05, 4.69) is 9.17 Å². The van der Waals surface area contributed by atoms with Crippen LogP contribution in [0.2, 0.25) is 0 Å². The first kappa shape index (κ1) is 19.5. The molecule has 0 aliphatic heterocycles. The molecule has 0 amide bonds. The van der Waals surface area contributed by atoms with Crippen molar-refractivity contribution in [1.82, 2.24) is 14.4 Å². The van der Waals surface area contributed by atoms with E-state index in [0.29, 0.717) is 16.8 Å². The molecule has 2 aromatic heterocycles. The molecule has 3 aromatic rings. The number of benzene rings is 1. The molecule has 0 atom stereocenters. The van der Waals surface area contributed by atoms with E-state index in [1.807, 2.05) is 4.40 Å². The van der Waals surface area contributed by atoms with Crippen molar-refractivity contribution >= 4 is 21.5 Å². The number of imidazole rings is 1. The lowest BCUT2D eigenvalue weighted by molar-refractivity contribution is -0.0500. The molecule has 0 unspecified atom stereocenters. The normalized spacial score (nSPS) is 15.8. The van der Waals surface area contributed by atoms with Crippen molar-refractivity contribution in [2.75, 3.05) is 5.73 Å². The molecule has 0 spiro atoms. The number of fused-ring (bicyclic) bond motifs is 1. The van der Waals surface area contributed by atoms with E-state index in [1.165, 1.54) is 12.1 Å². The Kier molecular flexibility index (Phi) is 4.64. The summed E-state index contributed by atoms with van der Waals surface area (Å²) < 4.78 is 65.8. The van der Waals surface area contributed by atoms with Gasteiger partial charge in [-0.1, -0.05) is 12.8 Å². The Morgan fingerprint density at radius 3 is 2.41 bits per heavy atom. The number of rotatable bonds is 4. The summed E-state index contributed by atoms with van der Waals surface area (Å²) in [5, 5.41) is 0. The van der Waals surface area contributed by atoms with Crippen molar-refractivity contribution in [3.63, 3.8) is 0 Å². The number of hydrogen-bond acceptors (Lipinski definition) is 6. The summed E-state index contributed by atoms with van der Waals surface area (Å²) in [4.78, 5) is 8.86. The lowest BCUT2D eigenvalue weighted by atomic mass is 10.1. The zero-order valence-corrected chi connectivity index (χ0v) is 15.9. The first-order valence-corrected chi connectivity index (χ1v) is 10.3. The number of nitrogens with two attached hydrogens (primary N) is 1. The predicted octanol–water partition coefficient (Wildman–Crippen LogP) is 3.86. The van der Waals surface area contributed by atoms with Crippen LogP contribution in [0.5, 0.6) is 5.75 Å². The molecule has 1 aliphatic rings. The van der Waals surface area contributed by atoms with Crippen LogP contribution in [0.4, 0.5) is 19.0 Å². The van der Waals surface area contributed by atoms with Gasteiger partial charge in [-0.2, -0.15) is 21.6 Å². The zero-order chi connectivity index (χ0) is 20.8. The Morgan fingerprint density at radius 2 is 1.79 bits per heavy atom. The number of aromatic nitrogens is 3. The van der Waals surface area contributed by atoms with Gasteiger partial charge in [0.1, 0.15) is 28.6 Å². The summed E-state index contributed by atoms with van der Waals surface area (Å²) in [6.07, 6.45) is 7.64. The van der Waals surface area contributed by atoms with E-state index in [-0.39, 0.29) is 11.7 Å². The zero-order valence-electron chi connectivity index (χ0n) is 15.1. The fourth-order valence-corrected chi connectivity index (χ4v) is 4.06. The van der Waals surface area contributed by atoms with E-state index in [4.69, 9.17) is 10.7 Å². The number of alkyl halides is 3. The summed E-state index contributed by atoms with van der Waals surface area (Å²) in [5.74, 6) is 0.982. The average molecular weight is 426 g/mol. The number of nitrogens with zero attached hydrogens (tertiary/aromatic N) is 3. The van der Waals surface area contributed by atoms with Crippen LogP contribution in [0.25, 0.3) is 16.8 Å². The highest BCUT2D eigenvalue weighted by atomic mass is 32.2. The molecule has 154 valence electrons. The van der Waals surface area contributed by atoms with Crippen LogP contribution in [-0.2, 0) is 10.1 Å². The molecular weight excluding hydrogens is 409 g/mol. The molecule has 1 aromatic carbocycles. The van der Waals surface area contributed by atoms with Gasteiger partial charge in [-0.05, 0) is 37.1 Å². The molecule has 1 saturated carbocycles. The van der Waals surface area contributed by atoms with Gasteiger partial charge < -0.3 is 9.92 Å². The highest BCUT2D eigenvalue weighted by Crippen LogP contribution is 2.38. The summed E-state index contributed by atoms with van der Waals surface area (Å²) in [6, 6.07) is 5.17. The Hall–Kier alpha value is -2.82. The van der Waals surface area contributed by atoms with Gasteiger partial charge in [0.15, 0.2) is 0 Å². The second-order valence-corrected chi connectivity index (χ2v) is 8.38. The third-order valence-electron chi connectivity index (χ3n) is 4.95. The number of hydrogen-bond donors (Lipinski definition) is 1. The molecule has 1 aliphatic carbocycles. The van der Waals surface area contributed by atoms with Gasteiger partial charge >= 0.3 is 15.6 Å². The Labute approximate surface area is 164 Å². The molecule has 1 fully saturated rings. The molecule has 0 bridgehead atoms. The standard InChI is InChI=1S/C18H17F3N4O3S/c19-18(20,21)29(26,27)28-13-7-5-11(6-8-13)14-15-16(22)23-9-10-25(15)17(24-14)12-3-1-2-4-12/h5-10,12H,1-4H2,(H2,22,23). The molecule has 7 nitrogen and oxygen atoms in total. The number of halogens is 3. The van der Waals surface area contributed by atoms with Crippen LogP contribution in [-0.4, -0.2) is 28.3 Å². The van der Waals surface area contributed by atoms with Crippen molar-refractivity contribution < 1.29 is 25.8 Å². The molecule has 29 heavy (non-hydrogen) atoms. The van der Waals surface area contributed by atoms with E-state index in [1.54, 1.807) is 12.4 Å². The number of anilines is 1. The molecular formula is C18H17F3N4O3S. The largest absolute Gasteiger partial charge is 0.534 e. The predicted molar refractivity (Wildman–Crippen MR) is 99.6 cm³/mol. The van der Waals surface area contributed by atoms with Crippen LogP contribution in [0.15, 0.2) is 36.7 Å². The van der Waals surface area contributed by atoms with Gasteiger partial charge in [0, 0.05) is 23.9 Å². The van der Waals surface area contributed by atoms with Crippen molar-refractivity contribution in [1.29, 1.82) is 0 Å². The smallest absolute Gasteiger partial charge is 0.382 e. The van der Waals surface area contributed by atoms with Crippen molar-refractivity contribution in [3.05, 3.63) is 42.5 Å². The fraction of sp³-hybridized carbons (Fsp3) is 0.333. The molecule has 0 radical (unpaired) electrons. The van der Waals surface area contributed by atoms with Gasteiger partial charge in [-0.3, -0.25) is 4.40 Å². The highest BCUT2D eigenvalue weighted by molar-refractivity contribution is 7.88. The molecule has 4 rings (SSSR count). The minimum atomic E-state index is -5.73. The highest BCUT2D eigenvalue weighted by Gasteiger charge is 2.48.